The fourth-order valence-electron chi connectivity index (χ4n) is 2.69. The van der Waals surface area contributed by atoms with E-state index in [4.69, 9.17) is 0 Å². The third kappa shape index (κ3) is 3.33. The van der Waals surface area contributed by atoms with Crippen LogP contribution in [0.25, 0.3) is 0 Å². The van der Waals surface area contributed by atoms with E-state index in [1.165, 1.54) is 18.4 Å². The number of nitrogens with zero attached hydrogens (tertiary/aromatic N) is 1. The predicted molar refractivity (Wildman–Crippen MR) is 77.6 cm³/mol. The van der Waals surface area contributed by atoms with Crippen LogP contribution in [-0.4, -0.2) is 29.6 Å². The van der Waals surface area contributed by atoms with E-state index in [-0.39, 0.29) is 5.54 Å². The van der Waals surface area contributed by atoms with E-state index in [2.05, 4.69) is 61.3 Å². The Morgan fingerprint density at radius 2 is 2.06 bits per heavy atom. The average Bonchev–Trinajstić information content (AvgIpc) is 2.52. The molecule has 2 unspecified atom stereocenters. The molecule has 1 aromatic rings. The third-order valence-electron chi connectivity index (χ3n) is 4.30. The van der Waals surface area contributed by atoms with Crippen molar-refractivity contribution in [3.63, 3.8) is 0 Å². The fraction of sp³-hybridized carbons (Fsp3) is 0.625. The van der Waals surface area contributed by atoms with E-state index in [0.717, 1.165) is 19.6 Å². The molecule has 0 aromatic heterocycles. The van der Waals surface area contributed by atoms with Crippen molar-refractivity contribution in [2.75, 3.05) is 13.1 Å². The molecule has 1 aliphatic rings. The first-order chi connectivity index (χ1) is 8.63. The van der Waals surface area contributed by atoms with E-state index >= 15 is 0 Å². The second kappa shape index (κ2) is 5.85. The highest BCUT2D eigenvalue weighted by Gasteiger charge is 2.30. The van der Waals surface area contributed by atoms with Gasteiger partial charge >= 0.3 is 0 Å². The monoisotopic (exact) mass is 246 g/mol. The summed E-state index contributed by atoms with van der Waals surface area (Å²) in [4.78, 5) is 2.62. The number of benzene rings is 1. The van der Waals surface area contributed by atoms with Crippen molar-refractivity contribution in [2.45, 2.75) is 51.7 Å². The van der Waals surface area contributed by atoms with Crippen molar-refractivity contribution in [3.8, 4) is 0 Å². The number of hydrogen-bond donors (Lipinski definition) is 1. The van der Waals surface area contributed by atoms with Crippen LogP contribution in [0.1, 0.15) is 39.2 Å². The molecular weight excluding hydrogens is 220 g/mol. The first-order valence-corrected chi connectivity index (χ1v) is 7.16. The van der Waals surface area contributed by atoms with Crippen LogP contribution in [0.5, 0.6) is 0 Å². The Morgan fingerprint density at radius 1 is 1.33 bits per heavy atom. The van der Waals surface area contributed by atoms with Gasteiger partial charge in [-0.3, -0.25) is 4.90 Å². The minimum atomic E-state index is 0.263. The molecule has 1 N–H and O–H groups in total. The topological polar surface area (TPSA) is 15.3 Å². The molecule has 100 valence electrons. The lowest BCUT2D eigenvalue weighted by Gasteiger charge is -2.35. The molecule has 18 heavy (non-hydrogen) atoms. The lowest BCUT2D eigenvalue weighted by atomic mass is 9.98. The average molecular weight is 246 g/mol. The molecular formula is C16H26N2. The summed E-state index contributed by atoms with van der Waals surface area (Å²) >= 11 is 0. The first-order valence-electron chi connectivity index (χ1n) is 7.16. The van der Waals surface area contributed by atoms with Gasteiger partial charge < -0.3 is 5.32 Å². The molecule has 0 saturated carbocycles. The molecule has 0 amide bonds. The molecule has 0 bridgehead atoms. The summed E-state index contributed by atoms with van der Waals surface area (Å²) in [5.41, 5.74) is 1.68. The molecule has 1 fully saturated rings. The molecule has 2 atom stereocenters. The Kier molecular flexibility index (Phi) is 4.41. The molecule has 2 rings (SSSR count). The Hall–Kier alpha value is -0.860. The molecule has 2 nitrogen and oxygen atoms in total. The zero-order chi connectivity index (χ0) is 13.0. The summed E-state index contributed by atoms with van der Waals surface area (Å²) in [6.45, 7) is 10.3. The Labute approximate surface area is 111 Å². The Balaban J connectivity index is 2.08. The van der Waals surface area contributed by atoms with Crippen LogP contribution in [0.2, 0.25) is 0 Å². The van der Waals surface area contributed by atoms with E-state index in [9.17, 15) is 0 Å². The zero-order valence-electron chi connectivity index (χ0n) is 11.9. The quantitative estimate of drug-likeness (QED) is 0.882. The van der Waals surface area contributed by atoms with Crippen molar-refractivity contribution < 1.29 is 0 Å². The van der Waals surface area contributed by atoms with Crippen LogP contribution in [0, 0.1) is 0 Å². The minimum absolute atomic E-state index is 0.263. The molecule has 0 aliphatic carbocycles. The number of hydrogen-bond acceptors (Lipinski definition) is 2. The van der Waals surface area contributed by atoms with Crippen LogP contribution in [-0.2, 0) is 6.54 Å². The van der Waals surface area contributed by atoms with Crippen LogP contribution in [0.4, 0.5) is 0 Å². The second-order valence-electron chi connectivity index (χ2n) is 5.87. The van der Waals surface area contributed by atoms with Crippen molar-refractivity contribution in [2.24, 2.45) is 0 Å². The zero-order valence-corrected chi connectivity index (χ0v) is 11.9. The lowest BCUT2D eigenvalue weighted by molar-refractivity contribution is 0.163. The summed E-state index contributed by atoms with van der Waals surface area (Å²) in [6.07, 6.45) is 2.42. The van der Waals surface area contributed by atoms with Gasteiger partial charge in [-0.05, 0) is 38.8 Å². The summed E-state index contributed by atoms with van der Waals surface area (Å²) in [5, 5.41) is 3.71. The molecule has 0 spiro atoms. The van der Waals surface area contributed by atoms with Crippen molar-refractivity contribution >= 4 is 0 Å². The second-order valence-corrected chi connectivity index (χ2v) is 5.87. The van der Waals surface area contributed by atoms with Crippen molar-refractivity contribution in [1.29, 1.82) is 0 Å². The highest BCUT2D eigenvalue weighted by molar-refractivity contribution is 5.14. The summed E-state index contributed by atoms with van der Waals surface area (Å²) in [5.74, 6) is 0. The predicted octanol–water partition coefficient (Wildman–Crippen LogP) is 3.04. The largest absolute Gasteiger partial charge is 0.310 e. The summed E-state index contributed by atoms with van der Waals surface area (Å²) in [7, 11) is 0. The maximum absolute atomic E-state index is 3.71. The van der Waals surface area contributed by atoms with Gasteiger partial charge in [0.15, 0.2) is 0 Å². The smallest absolute Gasteiger partial charge is 0.0278 e. The highest BCUT2D eigenvalue weighted by Crippen LogP contribution is 2.20. The van der Waals surface area contributed by atoms with Crippen LogP contribution < -0.4 is 5.32 Å². The fourth-order valence-corrected chi connectivity index (χ4v) is 2.69. The molecule has 1 aliphatic heterocycles. The minimum Gasteiger partial charge on any atom is -0.310 e. The maximum atomic E-state index is 3.71. The van der Waals surface area contributed by atoms with Gasteiger partial charge in [-0.2, -0.15) is 0 Å². The Bertz CT molecular complexity index is 363. The molecule has 2 heteroatoms. The van der Waals surface area contributed by atoms with Gasteiger partial charge in [0, 0.05) is 24.7 Å². The van der Waals surface area contributed by atoms with Gasteiger partial charge in [0.05, 0.1) is 0 Å². The van der Waals surface area contributed by atoms with Crippen LogP contribution in [0.15, 0.2) is 30.3 Å². The van der Waals surface area contributed by atoms with E-state index in [1.807, 2.05) is 0 Å². The maximum Gasteiger partial charge on any atom is 0.0278 e. The van der Waals surface area contributed by atoms with E-state index in [1.54, 1.807) is 0 Å². The summed E-state index contributed by atoms with van der Waals surface area (Å²) in [6, 6.07) is 11.5. The molecule has 1 aromatic carbocycles. The van der Waals surface area contributed by atoms with E-state index in [0.29, 0.717) is 6.04 Å². The van der Waals surface area contributed by atoms with E-state index < -0.39 is 0 Å². The summed E-state index contributed by atoms with van der Waals surface area (Å²) < 4.78 is 0. The van der Waals surface area contributed by atoms with Gasteiger partial charge in [-0.25, -0.2) is 0 Å². The first kappa shape index (κ1) is 13.6. The number of nitrogens with one attached hydrogen (secondary N) is 1. The third-order valence-corrected chi connectivity index (χ3v) is 4.30. The molecule has 1 heterocycles. The number of rotatable bonds is 3. The molecule has 0 radical (unpaired) electrons. The van der Waals surface area contributed by atoms with Crippen LogP contribution >= 0.6 is 0 Å². The SMILES string of the molecule is CCC1(C)CN(Cc2ccccc2)C(C)CCN1. The van der Waals surface area contributed by atoms with Gasteiger partial charge in [-0.1, -0.05) is 37.3 Å². The van der Waals surface area contributed by atoms with Gasteiger partial charge in [0.1, 0.15) is 0 Å². The highest BCUT2D eigenvalue weighted by atomic mass is 15.2. The standard InChI is InChI=1S/C16H26N2/c1-4-16(3)13-18(14(2)10-11-17-16)12-15-8-6-5-7-9-15/h5-9,14,17H,4,10-13H2,1-3H3. The Morgan fingerprint density at radius 3 is 2.72 bits per heavy atom. The van der Waals surface area contributed by atoms with Gasteiger partial charge in [0.25, 0.3) is 0 Å². The van der Waals surface area contributed by atoms with Crippen LogP contribution in [0.3, 0.4) is 0 Å². The lowest BCUT2D eigenvalue weighted by Crippen LogP contribution is -2.49. The van der Waals surface area contributed by atoms with Crippen molar-refractivity contribution in [1.82, 2.24) is 10.2 Å². The van der Waals surface area contributed by atoms with Gasteiger partial charge in [0.2, 0.25) is 0 Å². The van der Waals surface area contributed by atoms with Crippen molar-refractivity contribution in [3.05, 3.63) is 35.9 Å². The van der Waals surface area contributed by atoms with Gasteiger partial charge in [-0.15, -0.1) is 0 Å². The normalized spacial score (nSPS) is 30.1. The molecule has 1 saturated heterocycles.